The number of likely N-dealkylation sites (tertiary alicyclic amines) is 1. The molecule has 4 rings (SSSR count). The Morgan fingerprint density at radius 1 is 1.13 bits per heavy atom. The Labute approximate surface area is 241 Å². The first-order valence-electron chi connectivity index (χ1n) is 13.5. The van der Waals surface area contributed by atoms with Crippen molar-refractivity contribution in [1.82, 2.24) is 4.90 Å². The van der Waals surface area contributed by atoms with Crippen molar-refractivity contribution in [2.24, 2.45) is 16.8 Å². The van der Waals surface area contributed by atoms with Crippen LogP contribution in [0.25, 0.3) is 5.32 Å². The molecule has 1 aliphatic carbocycles. The number of carbonyl (C=O) groups excluding carboxylic acids is 1. The van der Waals surface area contributed by atoms with E-state index in [9.17, 15) is 14.7 Å². The van der Waals surface area contributed by atoms with Gasteiger partial charge in [0.25, 0.3) is 0 Å². The number of amides is 1. The van der Waals surface area contributed by atoms with Crippen molar-refractivity contribution in [2.45, 2.75) is 64.3 Å². The second kappa shape index (κ2) is 13.7. The summed E-state index contributed by atoms with van der Waals surface area (Å²) in [7, 11) is 0. The van der Waals surface area contributed by atoms with Crippen molar-refractivity contribution < 1.29 is 31.2 Å². The summed E-state index contributed by atoms with van der Waals surface area (Å²) < 4.78 is 0. The quantitative estimate of drug-likeness (QED) is 0.259. The van der Waals surface area contributed by atoms with Gasteiger partial charge in [0.15, 0.2) is 0 Å². The second-order valence-electron chi connectivity index (χ2n) is 10.4. The molecular weight excluding hydrogens is 544 g/mol. The number of aliphatic carboxylic acids is 1. The summed E-state index contributed by atoms with van der Waals surface area (Å²) in [6.07, 6.45) is 6.88. The molecule has 1 saturated heterocycles. The van der Waals surface area contributed by atoms with Crippen LogP contribution in [0.5, 0.6) is 0 Å². The van der Waals surface area contributed by atoms with Crippen LogP contribution < -0.4 is 0 Å². The summed E-state index contributed by atoms with van der Waals surface area (Å²) in [6, 6.07) is 14.9. The van der Waals surface area contributed by atoms with Crippen molar-refractivity contribution in [2.75, 3.05) is 19.6 Å². The zero-order valence-corrected chi connectivity index (χ0v) is 23.9. The summed E-state index contributed by atoms with van der Waals surface area (Å²) in [5.74, 6) is -1.40. The normalized spacial score (nSPS) is 21.5. The van der Waals surface area contributed by atoms with E-state index in [0.717, 1.165) is 63.6 Å². The van der Waals surface area contributed by atoms with Gasteiger partial charge in [0.05, 0.1) is 29.6 Å². The van der Waals surface area contributed by atoms with Gasteiger partial charge in [-0.2, -0.15) is 0 Å². The Balaban J connectivity index is 0.00000400. The van der Waals surface area contributed by atoms with Gasteiger partial charge in [-0.3, -0.25) is 14.7 Å². The molecule has 0 aromatic heterocycles. The van der Waals surface area contributed by atoms with Crippen LogP contribution >= 0.6 is 11.6 Å². The van der Waals surface area contributed by atoms with Crippen LogP contribution in [0.3, 0.4) is 0 Å². The second-order valence-corrected chi connectivity index (χ2v) is 10.9. The number of hydrogen-bond donors (Lipinski definition) is 1. The van der Waals surface area contributed by atoms with E-state index in [0.29, 0.717) is 22.0 Å². The first-order valence-corrected chi connectivity index (χ1v) is 13.8. The Morgan fingerprint density at radius 2 is 1.84 bits per heavy atom. The Bertz CT molecular complexity index is 1140. The third-order valence-electron chi connectivity index (χ3n) is 8.10. The van der Waals surface area contributed by atoms with Crippen LogP contribution in [0.4, 0.5) is 5.69 Å². The molecule has 0 unspecified atom stereocenters. The molecule has 2 aromatic carbocycles. The standard InChI is InChI=1S/C30H38ClN3O3.Ni/c1-3-34-18-10-17-30(34,2)29(37)33-26-16-15-23(31)19-24(26)27(22-13-8-5-9-14-22)32-20-25(28(35)36)21-11-6-4-7-12-21;/h5,8-9,13-16,19,21,25H,3-4,6-7,10-12,17-18,20H2,1-2H3,(H2,32,33,35,36,37);/p-1/t25-,30-;/m1./s1. The average Bonchev–Trinajstić information content (AvgIpc) is 3.30. The van der Waals surface area contributed by atoms with Crippen molar-refractivity contribution in [3.8, 4) is 0 Å². The van der Waals surface area contributed by atoms with E-state index < -0.39 is 17.4 Å². The van der Waals surface area contributed by atoms with Crippen molar-refractivity contribution in [1.29, 1.82) is 0 Å². The van der Waals surface area contributed by atoms with E-state index in [2.05, 4.69) is 17.1 Å². The third-order valence-corrected chi connectivity index (χ3v) is 8.33. The number of carboxylic acids is 1. The molecule has 0 spiro atoms. The average molecular weight is 582 g/mol. The van der Waals surface area contributed by atoms with Crippen LogP contribution in [-0.2, 0) is 26.1 Å². The van der Waals surface area contributed by atoms with Gasteiger partial charge in [-0.1, -0.05) is 74.2 Å². The van der Waals surface area contributed by atoms with E-state index in [-0.39, 0.29) is 34.9 Å². The first kappa shape index (κ1) is 30.3. The van der Waals surface area contributed by atoms with Gasteiger partial charge in [0.1, 0.15) is 0 Å². The minimum atomic E-state index is -0.803. The SMILES string of the molecule is CCN1CCC[C@]1(C)C(=O)[N-]c1ccc(Cl)cc1C(=NC[C@@H](C(=O)O)C1CCCCC1)c1ccccc1.[Ni]. The predicted octanol–water partition coefficient (Wildman–Crippen LogP) is 6.86. The van der Waals surface area contributed by atoms with Gasteiger partial charge < -0.3 is 15.2 Å². The topological polar surface area (TPSA) is 84.1 Å². The minimum Gasteiger partial charge on any atom is -0.625 e. The van der Waals surface area contributed by atoms with Crippen molar-refractivity contribution in [3.63, 3.8) is 0 Å². The Hall–Kier alpha value is -2.21. The zero-order chi connectivity index (χ0) is 26.4. The predicted molar refractivity (Wildman–Crippen MR) is 149 cm³/mol. The number of hydrogen-bond acceptors (Lipinski definition) is 4. The van der Waals surface area contributed by atoms with E-state index in [1.54, 1.807) is 18.2 Å². The number of benzene rings is 2. The molecule has 8 heteroatoms. The maximum absolute atomic E-state index is 13.5. The number of carbonyl (C=O) groups is 2. The maximum Gasteiger partial charge on any atom is 0.308 e. The molecule has 2 atom stereocenters. The molecule has 2 aliphatic rings. The summed E-state index contributed by atoms with van der Waals surface area (Å²) in [6.45, 7) is 5.88. The van der Waals surface area contributed by atoms with Gasteiger partial charge in [0.2, 0.25) is 0 Å². The van der Waals surface area contributed by atoms with Gasteiger partial charge in [-0.15, -0.1) is 5.69 Å². The minimum absolute atomic E-state index is 0. The van der Waals surface area contributed by atoms with Gasteiger partial charge in [0, 0.05) is 27.1 Å². The largest absolute Gasteiger partial charge is 0.625 e. The fourth-order valence-electron chi connectivity index (χ4n) is 5.88. The van der Waals surface area contributed by atoms with Crippen molar-refractivity contribution in [3.05, 3.63) is 70.0 Å². The fraction of sp³-hybridized carbons (Fsp3) is 0.500. The summed E-state index contributed by atoms with van der Waals surface area (Å²) in [4.78, 5) is 32.8. The van der Waals surface area contributed by atoms with Crippen LogP contribution in [0.2, 0.25) is 5.02 Å². The molecule has 1 aliphatic heterocycles. The van der Waals surface area contributed by atoms with E-state index in [1.807, 2.05) is 37.3 Å². The summed E-state index contributed by atoms with van der Waals surface area (Å²) in [5.41, 5.74) is 1.96. The molecule has 38 heavy (non-hydrogen) atoms. The van der Waals surface area contributed by atoms with Gasteiger partial charge in [-0.25, -0.2) is 0 Å². The molecular formula is C30H37ClN3NiO3-. The number of aliphatic imine (C=N–C) groups is 1. The molecule has 1 saturated carbocycles. The molecule has 2 fully saturated rings. The zero-order valence-electron chi connectivity index (χ0n) is 22.1. The van der Waals surface area contributed by atoms with Crippen LogP contribution in [0, 0.1) is 11.8 Å². The van der Waals surface area contributed by atoms with Crippen molar-refractivity contribution >= 4 is 34.9 Å². The number of carboxylic acid groups (broad SMARTS) is 1. The smallest absolute Gasteiger partial charge is 0.308 e. The van der Waals surface area contributed by atoms with E-state index in [1.165, 1.54) is 0 Å². The Morgan fingerprint density at radius 3 is 2.50 bits per heavy atom. The van der Waals surface area contributed by atoms with Crippen LogP contribution in [-0.4, -0.2) is 52.8 Å². The van der Waals surface area contributed by atoms with Gasteiger partial charge >= 0.3 is 5.97 Å². The molecule has 0 bridgehead atoms. The first-order chi connectivity index (χ1) is 17.8. The molecule has 1 heterocycles. The maximum atomic E-state index is 13.5. The van der Waals surface area contributed by atoms with Crippen LogP contribution in [0.15, 0.2) is 53.5 Å². The number of halogens is 1. The molecule has 6 nitrogen and oxygen atoms in total. The van der Waals surface area contributed by atoms with E-state index >= 15 is 0 Å². The van der Waals surface area contributed by atoms with E-state index in [4.69, 9.17) is 16.6 Å². The number of nitrogens with zero attached hydrogens (tertiary/aromatic N) is 3. The molecule has 208 valence electrons. The van der Waals surface area contributed by atoms with Gasteiger partial charge in [-0.05, 0) is 69.3 Å². The molecule has 2 aromatic rings. The summed E-state index contributed by atoms with van der Waals surface area (Å²) in [5, 5.41) is 15.2. The number of rotatable bonds is 9. The number of likely N-dealkylation sites (N-methyl/N-ethyl adjacent to an activating group) is 1. The Kier molecular flexibility index (Phi) is 11.0. The molecule has 1 N–H and O–H groups in total. The monoisotopic (exact) mass is 580 g/mol. The summed E-state index contributed by atoms with van der Waals surface area (Å²) >= 11 is 6.44. The molecule has 1 amide bonds. The van der Waals surface area contributed by atoms with Crippen LogP contribution in [0.1, 0.15) is 69.9 Å². The fourth-order valence-corrected chi connectivity index (χ4v) is 6.05. The molecule has 0 radical (unpaired) electrons. The third kappa shape index (κ3) is 6.86.